The molecule has 0 aromatic heterocycles. The van der Waals surface area contributed by atoms with E-state index in [4.69, 9.17) is 17.2 Å². The SMILES string of the molecule is NCCCCC(N)C(=O)NC(Cc1ccccc1)C(=O)NC(CS)C(=O)NC(CC(N)=O)C(=O)O. The predicted molar refractivity (Wildman–Crippen MR) is 132 cm³/mol. The van der Waals surface area contributed by atoms with Gasteiger partial charge in [0.05, 0.1) is 12.5 Å². The molecule has 1 aromatic carbocycles. The van der Waals surface area contributed by atoms with Crippen molar-refractivity contribution in [3.05, 3.63) is 35.9 Å². The Bertz CT molecular complexity index is 871. The van der Waals surface area contributed by atoms with Crippen LogP contribution in [0.1, 0.15) is 31.2 Å². The highest BCUT2D eigenvalue weighted by molar-refractivity contribution is 7.80. The Hall–Kier alpha value is -3.16. The summed E-state index contributed by atoms with van der Waals surface area (Å²) in [4.78, 5) is 60.6. The lowest BCUT2D eigenvalue weighted by atomic mass is 10.0. The fraction of sp³-hybridized carbons (Fsp3) is 0.500. The van der Waals surface area contributed by atoms with Crippen LogP contribution in [-0.2, 0) is 30.4 Å². The van der Waals surface area contributed by atoms with Crippen LogP contribution >= 0.6 is 12.6 Å². The molecule has 0 aliphatic rings. The zero-order valence-electron chi connectivity index (χ0n) is 19.3. The quantitative estimate of drug-likeness (QED) is 0.0918. The summed E-state index contributed by atoms with van der Waals surface area (Å²) in [6, 6.07) is 4.19. The molecule has 0 spiro atoms. The molecule has 4 atom stereocenters. The molecule has 12 nitrogen and oxygen atoms in total. The minimum absolute atomic E-state index is 0.119. The number of aliphatic carboxylic acids is 1. The van der Waals surface area contributed by atoms with Crippen molar-refractivity contribution in [1.82, 2.24) is 16.0 Å². The van der Waals surface area contributed by atoms with Crippen LogP contribution in [0, 0.1) is 0 Å². The summed E-state index contributed by atoms with van der Waals surface area (Å²) in [7, 11) is 0. The number of nitrogens with two attached hydrogens (primary N) is 3. The standard InChI is InChI=1S/C22H34N6O6S/c23-9-5-4-8-14(24)19(30)26-15(10-13-6-2-1-3-7-13)20(31)28-17(12-35)21(32)27-16(22(33)34)11-18(25)29/h1-3,6-7,14-17,35H,4-5,8-12,23-24H2,(H2,25,29)(H,26,30)(H,27,32)(H,28,31)(H,33,34). The third kappa shape index (κ3) is 11.2. The minimum atomic E-state index is -1.56. The summed E-state index contributed by atoms with van der Waals surface area (Å²) in [6.07, 6.45) is 1.25. The molecule has 1 aromatic rings. The maximum atomic E-state index is 13.0. The molecule has 0 aliphatic heterocycles. The number of nitrogens with one attached hydrogen (secondary N) is 3. The van der Waals surface area contributed by atoms with Gasteiger partial charge in [-0.1, -0.05) is 36.8 Å². The first-order valence-corrected chi connectivity index (χ1v) is 11.7. The molecule has 194 valence electrons. The molecule has 0 radical (unpaired) electrons. The van der Waals surface area contributed by atoms with Crippen LogP contribution in [0.25, 0.3) is 0 Å². The van der Waals surface area contributed by atoms with E-state index in [0.29, 0.717) is 25.8 Å². The highest BCUT2D eigenvalue weighted by Gasteiger charge is 2.30. The van der Waals surface area contributed by atoms with Crippen LogP contribution in [0.4, 0.5) is 0 Å². The fourth-order valence-electron chi connectivity index (χ4n) is 3.12. The van der Waals surface area contributed by atoms with Crippen molar-refractivity contribution in [2.45, 2.75) is 56.3 Å². The lowest BCUT2D eigenvalue weighted by Gasteiger charge is -2.24. The van der Waals surface area contributed by atoms with E-state index in [0.717, 1.165) is 5.56 Å². The second kappa shape index (κ2) is 15.7. The monoisotopic (exact) mass is 510 g/mol. The van der Waals surface area contributed by atoms with E-state index in [1.165, 1.54) is 0 Å². The maximum Gasteiger partial charge on any atom is 0.326 e. The van der Waals surface area contributed by atoms with Crippen LogP contribution in [-0.4, -0.2) is 71.2 Å². The average molecular weight is 511 g/mol. The number of rotatable bonds is 16. The van der Waals surface area contributed by atoms with Crippen molar-refractivity contribution >= 4 is 42.2 Å². The lowest BCUT2D eigenvalue weighted by Crippen LogP contribution is -2.58. The number of hydrogen-bond donors (Lipinski definition) is 8. The molecule has 13 heteroatoms. The van der Waals surface area contributed by atoms with Crippen LogP contribution in [0.2, 0.25) is 0 Å². The summed E-state index contributed by atoms with van der Waals surface area (Å²) in [5.41, 5.74) is 17.2. The first kappa shape index (κ1) is 29.9. The van der Waals surface area contributed by atoms with Gasteiger partial charge < -0.3 is 38.3 Å². The van der Waals surface area contributed by atoms with E-state index in [-0.39, 0.29) is 12.2 Å². The number of carbonyl (C=O) groups is 5. The molecule has 0 aliphatic carbocycles. The molecule has 1 rings (SSSR count). The molecule has 4 amide bonds. The number of unbranched alkanes of at least 4 members (excludes halogenated alkanes) is 1. The Kier molecular flexibility index (Phi) is 13.4. The molecule has 4 unspecified atom stereocenters. The Balaban J connectivity index is 2.95. The summed E-state index contributed by atoms with van der Waals surface area (Å²) < 4.78 is 0. The van der Waals surface area contributed by atoms with Gasteiger partial charge in [0, 0.05) is 12.2 Å². The van der Waals surface area contributed by atoms with Crippen molar-refractivity contribution < 1.29 is 29.1 Å². The van der Waals surface area contributed by atoms with E-state index < -0.39 is 60.2 Å². The molecule has 10 N–H and O–H groups in total. The van der Waals surface area contributed by atoms with E-state index in [1.807, 2.05) is 0 Å². The molecular formula is C22H34N6O6S. The van der Waals surface area contributed by atoms with Crippen LogP contribution < -0.4 is 33.2 Å². The summed E-state index contributed by atoms with van der Waals surface area (Å²) in [5, 5.41) is 16.5. The summed E-state index contributed by atoms with van der Waals surface area (Å²) in [6.45, 7) is 0.475. The zero-order valence-corrected chi connectivity index (χ0v) is 20.2. The Morgan fingerprint density at radius 3 is 2.00 bits per heavy atom. The third-order valence-corrected chi connectivity index (χ3v) is 5.42. The smallest absolute Gasteiger partial charge is 0.326 e. The van der Waals surface area contributed by atoms with Crippen LogP contribution in [0.3, 0.4) is 0 Å². The minimum Gasteiger partial charge on any atom is -0.480 e. The topological polar surface area (TPSA) is 220 Å². The fourth-order valence-corrected chi connectivity index (χ4v) is 3.37. The van der Waals surface area contributed by atoms with Crippen molar-refractivity contribution in [3.63, 3.8) is 0 Å². The van der Waals surface area contributed by atoms with E-state index in [1.54, 1.807) is 30.3 Å². The normalized spacial score (nSPS) is 14.1. The van der Waals surface area contributed by atoms with Gasteiger partial charge in [0.25, 0.3) is 0 Å². The molecule has 0 fully saturated rings. The van der Waals surface area contributed by atoms with Gasteiger partial charge in [0.15, 0.2) is 0 Å². The molecule has 0 heterocycles. The van der Waals surface area contributed by atoms with Gasteiger partial charge in [0.1, 0.15) is 18.1 Å². The maximum absolute atomic E-state index is 13.0. The van der Waals surface area contributed by atoms with Crippen molar-refractivity contribution in [2.24, 2.45) is 17.2 Å². The summed E-state index contributed by atoms with van der Waals surface area (Å²) in [5.74, 6) is -4.64. The van der Waals surface area contributed by atoms with Gasteiger partial charge >= 0.3 is 5.97 Å². The van der Waals surface area contributed by atoms with Gasteiger partial charge in [-0.25, -0.2) is 4.79 Å². The highest BCUT2D eigenvalue weighted by atomic mass is 32.1. The van der Waals surface area contributed by atoms with E-state index in [9.17, 15) is 29.1 Å². The summed E-state index contributed by atoms with van der Waals surface area (Å²) >= 11 is 4.06. The van der Waals surface area contributed by atoms with Gasteiger partial charge in [-0.2, -0.15) is 12.6 Å². The second-order valence-corrected chi connectivity index (χ2v) is 8.32. The first-order valence-electron chi connectivity index (χ1n) is 11.1. The van der Waals surface area contributed by atoms with Crippen molar-refractivity contribution in [3.8, 4) is 0 Å². The second-order valence-electron chi connectivity index (χ2n) is 7.96. The number of carboxylic acid groups (broad SMARTS) is 1. The van der Waals surface area contributed by atoms with Gasteiger partial charge in [-0.15, -0.1) is 0 Å². The Morgan fingerprint density at radius 2 is 1.46 bits per heavy atom. The number of hydrogen-bond acceptors (Lipinski definition) is 8. The number of carboxylic acids is 1. The van der Waals surface area contributed by atoms with Gasteiger partial charge in [-0.05, 0) is 24.9 Å². The predicted octanol–water partition coefficient (Wildman–Crippen LogP) is -1.97. The van der Waals surface area contributed by atoms with Crippen LogP contribution in [0.5, 0.6) is 0 Å². The van der Waals surface area contributed by atoms with E-state index in [2.05, 4.69) is 28.6 Å². The highest BCUT2D eigenvalue weighted by Crippen LogP contribution is 2.06. The van der Waals surface area contributed by atoms with Crippen LogP contribution in [0.15, 0.2) is 30.3 Å². The van der Waals surface area contributed by atoms with Gasteiger partial charge in [-0.3, -0.25) is 19.2 Å². The van der Waals surface area contributed by atoms with Crippen molar-refractivity contribution in [1.29, 1.82) is 0 Å². The molecule has 0 saturated heterocycles. The van der Waals surface area contributed by atoms with Crippen molar-refractivity contribution in [2.75, 3.05) is 12.3 Å². The third-order valence-electron chi connectivity index (χ3n) is 5.06. The number of primary amides is 1. The number of amides is 4. The molecule has 0 saturated carbocycles. The van der Waals surface area contributed by atoms with Gasteiger partial charge in [0.2, 0.25) is 23.6 Å². The average Bonchev–Trinajstić information content (AvgIpc) is 2.81. The molecule has 35 heavy (non-hydrogen) atoms. The zero-order chi connectivity index (χ0) is 26.4. The largest absolute Gasteiger partial charge is 0.480 e. The molecule has 0 bridgehead atoms. The number of benzene rings is 1. The number of thiol groups is 1. The number of carbonyl (C=O) groups excluding carboxylic acids is 4. The Morgan fingerprint density at radius 1 is 0.886 bits per heavy atom. The van der Waals surface area contributed by atoms with E-state index >= 15 is 0 Å². The first-order chi connectivity index (χ1) is 16.6. The molecular weight excluding hydrogens is 476 g/mol. The lowest BCUT2D eigenvalue weighted by molar-refractivity contribution is -0.143. The Labute approximate surface area is 209 Å².